The molecule has 1 aliphatic heterocycles. The van der Waals surface area contributed by atoms with E-state index >= 15 is 0 Å². The Morgan fingerprint density at radius 2 is 1.82 bits per heavy atom. The number of ether oxygens (including phenoxy) is 4. The fourth-order valence-corrected chi connectivity index (χ4v) is 5.70. The summed E-state index contributed by atoms with van der Waals surface area (Å²) in [6, 6.07) is 0.579. The van der Waals surface area contributed by atoms with Crippen LogP contribution in [0.25, 0.3) is 0 Å². The molecule has 1 fully saturated rings. The van der Waals surface area contributed by atoms with Gasteiger partial charge in [0.25, 0.3) is 0 Å². The van der Waals surface area contributed by atoms with Crippen LogP contribution in [0.15, 0.2) is 4.99 Å². The Bertz CT molecular complexity index is 877. The van der Waals surface area contributed by atoms with Gasteiger partial charge in [0.05, 0.1) is 30.8 Å². The summed E-state index contributed by atoms with van der Waals surface area (Å²) in [7, 11) is 0.0478. The van der Waals surface area contributed by atoms with Crippen LogP contribution in [-0.2, 0) is 23.7 Å². The van der Waals surface area contributed by atoms with Gasteiger partial charge in [0.15, 0.2) is 0 Å². The zero-order valence-electron chi connectivity index (χ0n) is 26.7. The second-order valence-electron chi connectivity index (χ2n) is 13.1. The van der Waals surface area contributed by atoms with Gasteiger partial charge in [-0.2, -0.15) is 5.01 Å². The van der Waals surface area contributed by atoms with Crippen molar-refractivity contribution in [2.45, 2.75) is 112 Å². The van der Waals surface area contributed by atoms with Crippen molar-refractivity contribution >= 4 is 32.5 Å². The molecule has 0 spiro atoms. The first-order chi connectivity index (χ1) is 17.8. The van der Waals surface area contributed by atoms with E-state index in [4.69, 9.17) is 34.8 Å². The number of carbonyl (C=O) groups excluding carboxylic acids is 1. The van der Waals surface area contributed by atoms with Crippen molar-refractivity contribution in [3.63, 3.8) is 0 Å². The fourth-order valence-electron chi connectivity index (χ4n) is 4.95. The molecular formula is C28H55N5O5Si. The van der Waals surface area contributed by atoms with Crippen LogP contribution in [0.2, 0.25) is 25.7 Å². The van der Waals surface area contributed by atoms with Crippen LogP contribution in [0.1, 0.15) is 62.3 Å². The number of nitrogens with one attached hydrogen (secondary N) is 2. The molecule has 226 valence electrons. The Morgan fingerprint density at radius 1 is 1.23 bits per heavy atom. The molecule has 1 saturated heterocycles. The van der Waals surface area contributed by atoms with Crippen LogP contribution in [0.3, 0.4) is 0 Å². The van der Waals surface area contributed by atoms with Crippen molar-refractivity contribution in [2.24, 2.45) is 21.7 Å². The van der Waals surface area contributed by atoms with Gasteiger partial charge in [-0.1, -0.05) is 33.5 Å². The third-order valence-corrected chi connectivity index (χ3v) is 9.76. The summed E-state index contributed by atoms with van der Waals surface area (Å²) in [5, 5.41) is 21.1. The van der Waals surface area contributed by atoms with E-state index in [1.807, 2.05) is 53.5 Å². The molecule has 2 N–H and O–H groups in total. The molecule has 10 nitrogen and oxygen atoms in total. The van der Waals surface area contributed by atoms with Crippen molar-refractivity contribution in [3.8, 4) is 0 Å². The third-order valence-electron chi connectivity index (χ3n) is 8.05. The summed E-state index contributed by atoms with van der Waals surface area (Å²) in [6.45, 7) is 25.0. The molecule has 5 atom stereocenters. The van der Waals surface area contributed by atoms with Crippen LogP contribution in [0, 0.1) is 27.6 Å². The molecular weight excluding hydrogens is 514 g/mol. The van der Waals surface area contributed by atoms with Crippen LogP contribution in [0.5, 0.6) is 0 Å². The van der Waals surface area contributed by atoms with Crippen molar-refractivity contribution in [1.82, 2.24) is 10.0 Å². The smallest absolute Gasteiger partial charge is 0.313 e. The standard InChI is InChI=1S/C28H55N5O5Si/c1-14-31-28(9)21(4)23(37-18-26(6,7)24(34)35-10)33(22(5)27(28,8)17-29)32(25(30)38-20(2)3)19-36-15-16-39(11,12)13/h14,17,20-23,29-30H,15-16,18-19H2,1-13H3/t21-,22?,23+,27+,28-/m0/s1. The molecule has 0 radical (unpaired) electrons. The van der Waals surface area contributed by atoms with Crippen LogP contribution < -0.4 is 0 Å². The summed E-state index contributed by atoms with van der Waals surface area (Å²) in [6.07, 6.45) is 2.40. The minimum Gasteiger partial charge on any atom is -0.469 e. The molecule has 0 bridgehead atoms. The van der Waals surface area contributed by atoms with Crippen molar-refractivity contribution in [1.29, 1.82) is 10.8 Å². The molecule has 39 heavy (non-hydrogen) atoms. The van der Waals surface area contributed by atoms with Gasteiger partial charge in [-0.25, -0.2) is 5.01 Å². The number of piperidine rings is 1. The number of carbonyl (C=O) groups is 1. The lowest BCUT2D eigenvalue weighted by Gasteiger charge is -2.61. The van der Waals surface area contributed by atoms with Gasteiger partial charge >= 0.3 is 12.0 Å². The fraction of sp³-hybridized carbons (Fsp3) is 0.857. The summed E-state index contributed by atoms with van der Waals surface area (Å²) in [5.41, 5.74) is -2.33. The van der Waals surface area contributed by atoms with E-state index in [1.54, 1.807) is 25.1 Å². The topological polar surface area (TPSA) is 121 Å². The Hall–Kier alpha value is -1.82. The van der Waals surface area contributed by atoms with E-state index in [0.717, 1.165) is 6.04 Å². The predicted octanol–water partition coefficient (Wildman–Crippen LogP) is 5.26. The number of amidine groups is 1. The lowest BCUT2D eigenvalue weighted by molar-refractivity contribution is -0.262. The summed E-state index contributed by atoms with van der Waals surface area (Å²) >= 11 is 0. The molecule has 0 saturated carbocycles. The van der Waals surface area contributed by atoms with Crippen molar-refractivity contribution < 1.29 is 23.7 Å². The molecule has 1 rings (SSSR count). The molecule has 0 aliphatic carbocycles. The Kier molecular flexibility index (Phi) is 12.4. The first kappa shape index (κ1) is 35.2. The summed E-state index contributed by atoms with van der Waals surface area (Å²) in [5.74, 6) is -0.618. The maximum atomic E-state index is 12.5. The highest BCUT2D eigenvalue weighted by atomic mass is 28.3. The van der Waals surface area contributed by atoms with E-state index in [9.17, 15) is 4.79 Å². The minimum absolute atomic E-state index is 0.0622. The lowest BCUT2D eigenvalue weighted by Crippen LogP contribution is -2.74. The second kappa shape index (κ2) is 13.7. The number of aliphatic imine (C=N–C) groups is 1. The largest absolute Gasteiger partial charge is 0.469 e. The lowest BCUT2D eigenvalue weighted by atomic mass is 9.59. The number of esters is 1. The van der Waals surface area contributed by atoms with Gasteiger partial charge in [0.2, 0.25) is 0 Å². The summed E-state index contributed by atoms with van der Waals surface area (Å²) in [4.78, 5) is 17.4. The first-order valence-electron chi connectivity index (χ1n) is 13.9. The van der Waals surface area contributed by atoms with E-state index < -0.39 is 30.7 Å². The number of rotatable bonds is 13. The maximum Gasteiger partial charge on any atom is 0.313 e. The Balaban J connectivity index is 3.65. The molecule has 1 aliphatic rings. The highest BCUT2D eigenvalue weighted by Crippen LogP contribution is 2.51. The number of nitrogens with zero attached hydrogens (tertiary/aromatic N) is 3. The SMILES string of the molecule is CC=N[C@@]1(C)[C@@H](C)[C@@H](OCC(C)(C)C(=O)OC)N(N(COCC[Si](C)(C)C)C(=N)OC(C)C)C(C)[C@@]1(C)C=N. The average Bonchev–Trinajstić information content (AvgIpc) is 2.83. The van der Waals surface area contributed by atoms with E-state index in [0.29, 0.717) is 6.61 Å². The Morgan fingerprint density at radius 3 is 2.28 bits per heavy atom. The molecule has 0 aromatic rings. The van der Waals surface area contributed by atoms with E-state index in [2.05, 4.69) is 19.6 Å². The molecule has 11 heteroatoms. The number of hydrogen-bond acceptors (Lipinski definition) is 9. The van der Waals surface area contributed by atoms with Gasteiger partial charge in [-0.3, -0.25) is 15.2 Å². The predicted molar refractivity (Wildman–Crippen MR) is 160 cm³/mol. The number of methoxy groups -OCH3 is 1. The highest BCUT2D eigenvalue weighted by Gasteiger charge is 2.61. The van der Waals surface area contributed by atoms with Gasteiger partial charge < -0.3 is 24.4 Å². The summed E-state index contributed by atoms with van der Waals surface area (Å²) < 4.78 is 23.6. The maximum absolute atomic E-state index is 12.5. The third kappa shape index (κ3) is 8.11. The zero-order valence-corrected chi connectivity index (χ0v) is 27.7. The normalized spacial score (nSPS) is 28.5. The van der Waals surface area contributed by atoms with Crippen LogP contribution in [0.4, 0.5) is 0 Å². The second-order valence-corrected chi connectivity index (χ2v) is 18.7. The van der Waals surface area contributed by atoms with Crippen LogP contribution in [-0.4, -0.2) is 93.5 Å². The minimum atomic E-state index is -1.32. The van der Waals surface area contributed by atoms with E-state index in [-0.39, 0.29) is 43.4 Å². The van der Waals surface area contributed by atoms with Gasteiger partial charge in [-0.15, -0.1) is 0 Å². The zero-order chi connectivity index (χ0) is 30.4. The number of hydrogen-bond donors (Lipinski definition) is 2. The monoisotopic (exact) mass is 569 g/mol. The van der Waals surface area contributed by atoms with Crippen molar-refractivity contribution in [2.75, 3.05) is 27.1 Å². The molecule has 0 aromatic carbocycles. The van der Waals surface area contributed by atoms with Gasteiger partial charge in [0, 0.05) is 38.3 Å². The molecule has 0 aromatic heterocycles. The molecule has 0 amide bonds. The first-order valence-corrected chi connectivity index (χ1v) is 17.6. The molecule has 1 unspecified atom stereocenters. The number of hydrazine groups is 1. The molecule has 1 heterocycles. The quantitative estimate of drug-likeness (QED) is 0.0775. The van der Waals surface area contributed by atoms with Crippen LogP contribution >= 0.6 is 0 Å². The van der Waals surface area contributed by atoms with Gasteiger partial charge in [0.1, 0.15) is 13.0 Å². The van der Waals surface area contributed by atoms with E-state index in [1.165, 1.54) is 13.3 Å². The Labute approximate surface area is 237 Å². The average molecular weight is 570 g/mol. The highest BCUT2D eigenvalue weighted by molar-refractivity contribution is 6.76. The van der Waals surface area contributed by atoms with Gasteiger partial charge in [-0.05, 0) is 60.7 Å². The van der Waals surface area contributed by atoms with Crippen molar-refractivity contribution in [3.05, 3.63) is 0 Å².